The Balaban J connectivity index is 1.41. The van der Waals surface area contributed by atoms with Crippen LogP contribution in [0.2, 0.25) is 0 Å². The summed E-state index contributed by atoms with van der Waals surface area (Å²) < 4.78 is 75.1. The van der Waals surface area contributed by atoms with Crippen LogP contribution in [0.3, 0.4) is 0 Å². The molecule has 0 spiro atoms. The fourth-order valence-electron chi connectivity index (χ4n) is 4.38. The van der Waals surface area contributed by atoms with Gasteiger partial charge in [0.15, 0.2) is 5.65 Å². The molecule has 1 N–H and O–H groups in total. The second-order valence-corrected chi connectivity index (χ2v) is 11.0. The summed E-state index contributed by atoms with van der Waals surface area (Å²) in [7, 11) is -2.78. The number of anilines is 1. The van der Waals surface area contributed by atoms with Gasteiger partial charge in [-0.3, -0.25) is 4.79 Å². The maximum absolute atomic E-state index is 13.7. The molecule has 1 fully saturated rings. The molecule has 2 aromatic heterocycles. The first-order valence-corrected chi connectivity index (χ1v) is 13.9. The fraction of sp³-hybridized carbons (Fsp3) is 0.269. The number of alkyl halides is 3. The van der Waals surface area contributed by atoms with E-state index in [2.05, 4.69) is 30.0 Å². The van der Waals surface area contributed by atoms with Crippen LogP contribution in [0.4, 0.5) is 19.0 Å². The van der Waals surface area contributed by atoms with Crippen molar-refractivity contribution in [1.82, 2.24) is 29.6 Å². The van der Waals surface area contributed by atoms with Crippen LogP contribution in [-0.2, 0) is 21.4 Å². The van der Waals surface area contributed by atoms with Crippen LogP contribution in [0.5, 0.6) is 11.5 Å². The Kier molecular flexibility index (Phi) is 8.08. The van der Waals surface area contributed by atoms with Gasteiger partial charge in [0, 0.05) is 26.2 Å². The van der Waals surface area contributed by atoms with Crippen LogP contribution in [0.25, 0.3) is 11.2 Å². The SMILES string of the molecule is COc1ccc(CNC(=O)[C@H]2CN(c3cnc4cncnc4n3)CCN2S(=O)(=O)c2ccc(OC(F)(F)F)cc2)cc1. The lowest BCUT2D eigenvalue weighted by atomic mass is 10.1. The van der Waals surface area contributed by atoms with Crippen molar-refractivity contribution >= 4 is 32.9 Å². The normalized spacial score (nSPS) is 16.3. The first-order chi connectivity index (χ1) is 20.0. The molecular formula is C26H24F3N7O5S. The van der Waals surface area contributed by atoms with E-state index < -0.39 is 34.1 Å². The number of nitrogens with zero attached hydrogens (tertiary/aromatic N) is 6. The summed E-state index contributed by atoms with van der Waals surface area (Å²) in [6.07, 6.45) is -0.612. The lowest BCUT2D eigenvalue weighted by Crippen LogP contribution is -2.60. The Morgan fingerprint density at radius 1 is 1.02 bits per heavy atom. The Labute approximate surface area is 238 Å². The topological polar surface area (TPSA) is 140 Å². The lowest BCUT2D eigenvalue weighted by Gasteiger charge is -2.40. The third kappa shape index (κ3) is 6.49. The smallest absolute Gasteiger partial charge is 0.497 e. The van der Waals surface area contributed by atoms with Crippen LogP contribution in [0, 0.1) is 0 Å². The lowest BCUT2D eigenvalue weighted by molar-refractivity contribution is -0.274. The van der Waals surface area contributed by atoms with Crippen molar-refractivity contribution in [3.63, 3.8) is 0 Å². The van der Waals surface area contributed by atoms with E-state index in [-0.39, 0.29) is 31.1 Å². The van der Waals surface area contributed by atoms with Gasteiger partial charge in [-0.05, 0) is 42.0 Å². The summed E-state index contributed by atoms with van der Waals surface area (Å²) in [4.78, 5) is 31.7. The number of aromatic nitrogens is 4. The van der Waals surface area contributed by atoms with Crippen molar-refractivity contribution in [3.8, 4) is 11.5 Å². The van der Waals surface area contributed by atoms with Gasteiger partial charge >= 0.3 is 6.36 Å². The Morgan fingerprint density at radius 2 is 1.74 bits per heavy atom. The maximum Gasteiger partial charge on any atom is 0.573 e. The van der Waals surface area contributed by atoms with E-state index in [1.165, 1.54) is 25.8 Å². The number of halogens is 3. The third-order valence-corrected chi connectivity index (χ3v) is 8.38. The van der Waals surface area contributed by atoms with Gasteiger partial charge in [0.2, 0.25) is 15.9 Å². The minimum atomic E-state index is -4.93. The number of carbonyl (C=O) groups is 1. The van der Waals surface area contributed by atoms with Gasteiger partial charge in [-0.2, -0.15) is 4.31 Å². The standard InChI is InChI=1S/C26H24F3N7O5S/c1-40-18-4-2-17(3-5-18)12-32-25(37)22-15-35(23-14-31-21-13-30-16-33-24(21)34-23)10-11-36(22)42(38,39)20-8-6-19(7-9-20)41-26(27,28)29/h2-9,13-14,16,22H,10-12,15H2,1H3,(H,32,37)/t22-/m1/s1. The minimum Gasteiger partial charge on any atom is -0.497 e. The van der Waals surface area contributed by atoms with Gasteiger partial charge in [-0.15, -0.1) is 13.2 Å². The summed E-state index contributed by atoms with van der Waals surface area (Å²) in [5.74, 6) is -0.121. The molecule has 0 saturated carbocycles. The quantitative estimate of drug-likeness (QED) is 0.320. The molecule has 1 aliphatic heterocycles. The zero-order valence-corrected chi connectivity index (χ0v) is 22.8. The highest BCUT2D eigenvalue weighted by molar-refractivity contribution is 7.89. The Morgan fingerprint density at radius 3 is 2.43 bits per heavy atom. The third-order valence-electron chi connectivity index (χ3n) is 6.46. The summed E-state index contributed by atoms with van der Waals surface area (Å²) in [5.41, 5.74) is 1.56. The summed E-state index contributed by atoms with van der Waals surface area (Å²) in [6, 6.07) is 9.59. The van der Waals surface area contributed by atoms with Crippen LogP contribution in [0.1, 0.15) is 5.56 Å². The molecule has 12 nitrogen and oxygen atoms in total. The van der Waals surface area contributed by atoms with Crippen LogP contribution in [-0.4, -0.2) is 77.7 Å². The molecule has 4 aromatic rings. The molecule has 5 rings (SSSR count). The molecule has 16 heteroatoms. The van der Waals surface area contributed by atoms with E-state index in [1.807, 2.05) is 0 Å². The van der Waals surface area contributed by atoms with Gasteiger partial charge in [0.1, 0.15) is 35.2 Å². The molecule has 220 valence electrons. The van der Waals surface area contributed by atoms with E-state index in [0.717, 1.165) is 34.1 Å². The van der Waals surface area contributed by atoms with Crippen molar-refractivity contribution in [2.75, 3.05) is 31.6 Å². The highest BCUT2D eigenvalue weighted by Crippen LogP contribution is 2.28. The number of benzene rings is 2. The fourth-order valence-corrected chi connectivity index (χ4v) is 5.96. The van der Waals surface area contributed by atoms with Crippen molar-refractivity contribution in [3.05, 3.63) is 72.8 Å². The number of fused-ring (bicyclic) bond motifs is 1. The van der Waals surface area contributed by atoms with E-state index >= 15 is 0 Å². The highest BCUT2D eigenvalue weighted by Gasteiger charge is 2.41. The summed E-state index contributed by atoms with van der Waals surface area (Å²) in [5, 5.41) is 2.78. The molecule has 0 unspecified atom stereocenters. The minimum absolute atomic E-state index is 0.0752. The van der Waals surface area contributed by atoms with Crippen LogP contribution >= 0.6 is 0 Å². The molecule has 1 saturated heterocycles. The molecular weight excluding hydrogens is 579 g/mol. The Bertz CT molecular complexity index is 1670. The number of amides is 1. The van der Waals surface area contributed by atoms with Crippen LogP contribution in [0.15, 0.2) is 72.1 Å². The molecule has 0 bridgehead atoms. The molecule has 0 aliphatic carbocycles. The van der Waals surface area contributed by atoms with Crippen molar-refractivity contribution < 1.29 is 35.9 Å². The average Bonchev–Trinajstić information content (AvgIpc) is 2.99. The molecule has 1 atom stereocenters. The van der Waals surface area contributed by atoms with Crippen molar-refractivity contribution in [2.24, 2.45) is 0 Å². The number of piperazine rings is 1. The first-order valence-electron chi connectivity index (χ1n) is 12.5. The number of carbonyl (C=O) groups excluding carboxylic acids is 1. The largest absolute Gasteiger partial charge is 0.573 e. The zero-order chi connectivity index (χ0) is 29.9. The number of rotatable bonds is 8. The van der Waals surface area contributed by atoms with Gasteiger partial charge < -0.3 is 19.7 Å². The molecule has 3 heterocycles. The molecule has 2 aromatic carbocycles. The molecule has 0 radical (unpaired) electrons. The maximum atomic E-state index is 13.7. The number of ether oxygens (including phenoxy) is 2. The molecule has 42 heavy (non-hydrogen) atoms. The number of methoxy groups -OCH3 is 1. The average molecular weight is 604 g/mol. The van der Waals surface area contributed by atoms with E-state index in [9.17, 15) is 26.4 Å². The predicted molar refractivity (Wildman–Crippen MR) is 143 cm³/mol. The number of hydrogen-bond donors (Lipinski definition) is 1. The molecule has 1 amide bonds. The van der Waals surface area contributed by atoms with Gasteiger partial charge in [-0.25, -0.2) is 28.4 Å². The Hall–Kier alpha value is -4.57. The van der Waals surface area contributed by atoms with Gasteiger partial charge in [0.25, 0.3) is 0 Å². The second-order valence-electron chi connectivity index (χ2n) is 9.12. The van der Waals surface area contributed by atoms with Crippen LogP contribution < -0.4 is 19.7 Å². The monoisotopic (exact) mass is 603 g/mol. The van der Waals surface area contributed by atoms with E-state index in [0.29, 0.717) is 22.7 Å². The van der Waals surface area contributed by atoms with Crippen molar-refractivity contribution in [2.45, 2.75) is 23.8 Å². The van der Waals surface area contributed by atoms with E-state index in [4.69, 9.17) is 4.74 Å². The van der Waals surface area contributed by atoms with Crippen molar-refractivity contribution in [1.29, 1.82) is 0 Å². The van der Waals surface area contributed by atoms with Gasteiger partial charge in [-0.1, -0.05) is 12.1 Å². The number of nitrogens with one attached hydrogen (secondary N) is 1. The number of hydrogen-bond acceptors (Lipinski definition) is 10. The summed E-state index contributed by atoms with van der Waals surface area (Å²) in [6.45, 7) is 0.0763. The number of sulfonamides is 1. The zero-order valence-electron chi connectivity index (χ0n) is 22.0. The summed E-state index contributed by atoms with van der Waals surface area (Å²) >= 11 is 0. The highest BCUT2D eigenvalue weighted by atomic mass is 32.2. The first kappa shape index (κ1) is 28.9. The second kappa shape index (κ2) is 11.7. The molecule has 1 aliphatic rings. The van der Waals surface area contributed by atoms with E-state index in [1.54, 1.807) is 29.2 Å². The van der Waals surface area contributed by atoms with Gasteiger partial charge in [0.05, 0.1) is 24.4 Å². The predicted octanol–water partition coefficient (Wildman–Crippen LogP) is 2.52.